The molecular formula is C27H26N2O7. The molecule has 0 spiro atoms. The number of benzene rings is 3. The third-order valence-corrected chi connectivity index (χ3v) is 4.91. The SMILES string of the molecule is COc1ccc(C=CC(=O)Oc2cccc(C=NNC(=O)c3cc(OC)c(OC)c(OC)c3)c2)cc1. The molecule has 0 saturated carbocycles. The minimum Gasteiger partial charge on any atom is -0.497 e. The molecular weight excluding hydrogens is 464 g/mol. The van der Waals surface area contributed by atoms with Crippen molar-refractivity contribution in [2.75, 3.05) is 28.4 Å². The number of ether oxygens (including phenoxy) is 5. The van der Waals surface area contributed by atoms with Crippen LogP contribution in [0.2, 0.25) is 0 Å². The second kappa shape index (κ2) is 12.6. The Balaban J connectivity index is 1.61. The average Bonchev–Trinajstić information content (AvgIpc) is 2.91. The number of methoxy groups -OCH3 is 4. The Hall–Kier alpha value is -4.79. The van der Waals surface area contributed by atoms with Crippen molar-refractivity contribution in [1.29, 1.82) is 0 Å². The topological polar surface area (TPSA) is 105 Å². The van der Waals surface area contributed by atoms with Gasteiger partial charge in [0.25, 0.3) is 5.91 Å². The van der Waals surface area contributed by atoms with Gasteiger partial charge >= 0.3 is 5.97 Å². The molecule has 3 aromatic rings. The van der Waals surface area contributed by atoms with E-state index in [0.717, 1.165) is 11.3 Å². The molecule has 0 aliphatic heterocycles. The van der Waals surface area contributed by atoms with Gasteiger partial charge in [0.1, 0.15) is 11.5 Å². The number of nitrogens with one attached hydrogen (secondary N) is 1. The molecule has 3 rings (SSSR count). The number of rotatable bonds is 10. The third kappa shape index (κ3) is 6.86. The lowest BCUT2D eigenvalue weighted by Gasteiger charge is -2.13. The van der Waals surface area contributed by atoms with E-state index >= 15 is 0 Å². The lowest BCUT2D eigenvalue weighted by Crippen LogP contribution is -2.18. The van der Waals surface area contributed by atoms with E-state index in [1.807, 2.05) is 12.1 Å². The van der Waals surface area contributed by atoms with Crippen molar-refractivity contribution < 1.29 is 33.3 Å². The monoisotopic (exact) mass is 490 g/mol. The van der Waals surface area contributed by atoms with Crippen LogP contribution >= 0.6 is 0 Å². The standard InChI is InChI=1S/C27H26N2O7/c1-32-21-11-8-18(9-12-21)10-13-25(30)36-22-7-5-6-19(14-22)17-28-29-27(31)20-15-23(33-2)26(35-4)24(16-20)34-3/h5-17H,1-4H3,(H,29,31). The Bertz CT molecular complexity index is 1240. The largest absolute Gasteiger partial charge is 0.497 e. The van der Waals surface area contributed by atoms with Crippen molar-refractivity contribution in [3.8, 4) is 28.7 Å². The van der Waals surface area contributed by atoms with Gasteiger partial charge in [0, 0.05) is 11.6 Å². The molecule has 3 aromatic carbocycles. The van der Waals surface area contributed by atoms with Crippen molar-refractivity contribution in [3.63, 3.8) is 0 Å². The molecule has 9 nitrogen and oxygen atoms in total. The molecule has 9 heteroatoms. The molecule has 0 bridgehead atoms. The molecule has 1 amide bonds. The third-order valence-electron chi connectivity index (χ3n) is 4.91. The fourth-order valence-corrected chi connectivity index (χ4v) is 3.13. The van der Waals surface area contributed by atoms with Crippen LogP contribution in [-0.2, 0) is 4.79 Å². The molecule has 0 fully saturated rings. The van der Waals surface area contributed by atoms with Gasteiger partial charge in [-0.05, 0) is 53.6 Å². The van der Waals surface area contributed by atoms with E-state index in [1.54, 1.807) is 49.6 Å². The Kier molecular flexibility index (Phi) is 9.05. The first-order valence-corrected chi connectivity index (χ1v) is 10.7. The van der Waals surface area contributed by atoms with Gasteiger partial charge in [-0.25, -0.2) is 10.2 Å². The Morgan fingerprint density at radius 1 is 0.778 bits per heavy atom. The molecule has 0 aliphatic carbocycles. The summed E-state index contributed by atoms with van der Waals surface area (Å²) in [5.41, 5.74) is 4.16. The van der Waals surface area contributed by atoms with E-state index < -0.39 is 11.9 Å². The summed E-state index contributed by atoms with van der Waals surface area (Å²) in [5.74, 6) is 1.13. The van der Waals surface area contributed by atoms with Gasteiger partial charge < -0.3 is 23.7 Å². The van der Waals surface area contributed by atoms with Gasteiger partial charge in [-0.1, -0.05) is 24.3 Å². The van der Waals surface area contributed by atoms with Crippen molar-refractivity contribution in [2.45, 2.75) is 0 Å². The summed E-state index contributed by atoms with van der Waals surface area (Å²) in [7, 11) is 6.00. The summed E-state index contributed by atoms with van der Waals surface area (Å²) in [6.45, 7) is 0. The number of hydrogen-bond acceptors (Lipinski definition) is 8. The summed E-state index contributed by atoms with van der Waals surface area (Å²) in [6.07, 6.45) is 4.41. The Morgan fingerprint density at radius 2 is 1.47 bits per heavy atom. The van der Waals surface area contributed by atoms with Gasteiger partial charge in [0.05, 0.1) is 34.7 Å². The molecule has 0 unspecified atom stereocenters. The van der Waals surface area contributed by atoms with E-state index in [9.17, 15) is 9.59 Å². The van der Waals surface area contributed by atoms with Crippen LogP contribution in [0.4, 0.5) is 0 Å². The maximum atomic E-state index is 12.5. The molecule has 0 saturated heterocycles. The molecule has 0 atom stereocenters. The van der Waals surface area contributed by atoms with Crippen molar-refractivity contribution in [1.82, 2.24) is 5.43 Å². The predicted octanol–water partition coefficient (Wildman–Crippen LogP) is 4.10. The van der Waals surface area contributed by atoms with E-state index in [-0.39, 0.29) is 5.56 Å². The first-order chi connectivity index (χ1) is 17.5. The molecule has 0 radical (unpaired) electrons. The number of hydrogen-bond donors (Lipinski definition) is 1. The van der Waals surface area contributed by atoms with Crippen molar-refractivity contribution in [2.24, 2.45) is 5.10 Å². The van der Waals surface area contributed by atoms with Crippen LogP contribution in [0.5, 0.6) is 28.7 Å². The van der Waals surface area contributed by atoms with Gasteiger partial charge in [-0.2, -0.15) is 5.10 Å². The molecule has 0 heterocycles. The van der Waals surface area contributed by atoms with Crippen LogP contribution in [0.1, 0.15) is 21.5 Å². The highest BCUT2D eigenvalue weighted by atomic mass is 16.5. The maximum absolute atomic E-state index is 12.5. The quantitative estimate of drug-likeness (QED) is 0.150. The zero-order valence-electron chi connectivity index (χ0n) is 20.3. The van der Waals surface area contributed by atoms with Crippen molar-refractivity contribution >= 4 is 24.2 Å². The van der Waals surface area contributed by atoms with Crippen LogP contribution in [0.15, 0.2) is 71.8 Å². The van der Waals surface area contributed by atoms with Crippen LogP contribution in [0.3, 0.4) is 0 Å². The van der Waals surface area contributed by atoms with Gasteiger partial charge in [0.2, 0.25) is 5.75 Å². The number of amides is 1. The van der Waals surface area contributed by atoms with E-state index in [4.69, 9.17) is 23.7 Å². The summed E-state index contributed by atoms with van der Waals surface area (Å²) >= 11 is 0. The summed E-state index contributed by atoms with van der Waals surface area (Å²) in [6, 6.07) is 17.0. The van der Waals surface area contributed by atoms with E-state index in [1.165, 1.54) is 45.8 Å². The molecule has 186 valence electrons. The van der Waals surface area contributed by atoms with Gasteiger partial charge in [-0.15, -0.1) is 0 Å². The number of nitrogens with zero attached hydrogens (tertiary/aromatic N) is 1. The second-order valence-corrected chi connectivity index (χ2v) is 7.21. The smallest absolute Gasteiger partial charge is 0.336 e. The minimum atomic E-state index is -0.532. The van der Waals surface area contributed by atoms with E-state index in [0.29, 0.717) is 28.6 Å². The summed E-state index contributed by atoms with van der Waals surface area (Å²) < 4.78 is 26.3. The molecule has 0 aromatic heterocycles. The number of carbonyl (C=O) groups is 2. The van der Waals surface area contributed by atoms with Gasteiger partial charge in [0.15, 0.2) is 11.5 Å². The predicted molar refractivity (Wildman–Crippen MR) is 135 cm³/mol. The summed E-state index contributed by atoms with van der Waals surface area (Å²) in [4.78, 5) is 24.7. The zero-order valence-corrected chi connectivity index (χ0v) is 20.3. The van der Waals surface area contributed by atoms with Crippen LogP contribution in [0, 0.1) is 0 Å². The van der Waals surface area contributed by atoms with Crippen molar-refractivity contribution in [3.05, 3.63) is 83.4 Å². The number of carbonyl (C=O) groups excluding carboxylic acids is 2. The van der Waals surface area contributed by atoms with Crippen LogP contribution < -0.4 is 29.1 Å². The highest BCUT2D eigenvalue weighted by Crippen LogP contribution is 2.38. The first-order valence-electron chi connectivity index (χ1n) is 10.7. The number of esters is 1. The van der Waals surface area contributed by atoms with Gasteiger partial charge in [-0.3, -0.25) is 4.79 Å². The van der Waals surface area contributed by atoms with Crippen LogP contribution in [-0.4, -0.2) is 46.5 Å². The zero-order chi connectivity index (χ0) is 25.9. The lowest BCUT2D eigenvalue weighted by molar-refractivity contribution is -0.128. The Labute approximate surface area is 208 Å². The highest BCUT2D eigenvalue weighted by Gasteiger charge is 2.16. The molecule has 36 heavy (non-hydrogen) atoms. The normalized spacial score (nSPS) is 10.8. The fourth-order valence-electron chi connectivity index (χ4n) is 3.13. The average molecular weight is 491 g/mol. The minimum absolute atomic E-state index is 0.271. The maximum Gasteiger partial charge on any atom is 0.336 e. The van der Waals surface area contributed by atoms with E-state index in [2.05, 4.69) is 10.5 Å². The molecule has 1 N–H and O–H groups in total. The highest BCUT2D eigenvalue weighted by molar-refractivity contribution is 5.96. The lowest BCUT2D eigenvalue weighted by atomic mass is 10.1. The fraction of sp³-hybridized carbons (Fsp3) is 0.148. The number of hydrazone groups is 1. The summed E-state index contributed by atoms with van der Waals surface area (Å²) in [5, 5.41) is 3.98. The first kappa shape index (κ1) is 25.8. The second-order valence-electron chi connectivity index (χ2n) is 7.21. The molecule has 0 aliphatic rings. The Morgan fingerprint density at radius 3 is 2.08 bits per heavy atom. The van der Waals surface area contributed by atoms with Crippen LogP contribution in [0.25, 0.3) is 6.08 Å².